The topological polar surface area (TPSA) is 75.3 Å². The van der Waals surface area contributed by atoms with E-state index in [-0.39, 0.29) is 11.9 Å². The van der Waals surface area contributed by atoms with Crippen molar-refractivity contribution >= 4 is 21.4 Å². The highest BCUT2D eigenvalue weighted by atomic mass is 32.2. The molecule has 0 aliphatic carbocycles. The highest BCUT2D eigenvalue weighted by Crippen LogP contribution is 2.17. The van der Waals surface area contributed by atoms with Gasteiger partial charge in [0.05, 0.1) is 4.90 Å². The standard InChI is InChI=1S/C13H18N2O3S/c1-19(17,18)12-6-4-10(5-7-12)15-11-3-2-8-14-13(16)9-11/h4-7,11,15H,2-3,8-9H2,1H3,(H,14,16). The molecule has 1 fully saturated rings. The molecule has 1 saturated heterocycles. The summed E-state index contributed by atoms with van der Waals surface area (Å²) in [6, 6.07) is 6.73. The molecule has 6 heteroatoms. The van der Waals surface area contributed by atoms with E-state index in [1.807, 2.05) is 0 Å². The molecule has 0 bridgehead atoms. The molecule has 2 rings (SSSR count). The zero-order valence-corrected chi connectivity index (χ0v) is 11.7. The van der Waals surface area contributed by atoms with Crippen molar-refractivity contribution in [3.63, 3.8) is 0 Å². The fraction of sp³-hybridized carbons (Fsp3) is 0.462. The van der Waals surface area contributed by atoms with Crippen LogP contribution in [0.25, 0.3) is 0 Å². The van der Waals surface area contributed by atoms with Crippen LogP contribution in [0.15, 0.2) is 29.2 Å². The van der Waals surface area contributed by atoms with Crippen molar-refractivity contribution in [3.05, 3.63) is 24.3 Å². The van der Waals surface area contributed by atoms with E-state index in [2.05, 4.69) is 10.6 Å². The Hall–Kier alpha value is -1.56. The van der Waals surface area contributed by atoms with Crippen molar-refractivity contribution in [2.24, 2.45) is 0 Å². The van der Waals surface area contributed by atoms with Crippen LogP contribution in [0, 0.1) is 0 Å². The number of amides is 1. The molecule has 1 unspecified atom stereocenters. The van der Waals surface area contributed by atoms with E-state index in [0.717, 1.165) is 25.1 Å². The van der Waals surface area contributed by atoms with Gasteiger partial charge in [-0.3, -0.25) is 4.79 Å². The van der Waals surface area contributed by atoms with E-state index in [4.69, 9.17) is 0 Å². The Balaban J connectivity index is 2.05. The number of nitrogens with one attached hydrogen (secondary N) is 2. The van der Waals surface area contributed by atoms with Crippen LogP contribution in [0.2, 0.25) is 0 Å². The number of carbonyl (C=O) groups excluding carboxylic acids is 1. The van der Waals surface area contributed by atoms with Gasteiger partial charge in [0, 0.05) is 31.0 Å². The molecule has 1 atom stereocenters. The Morgan fingerprint density at radius 2 is 1.95 bits per heavy atom. The van der Waals surface area contributed by atoms with Crippen molar-refractivity contribution in [3.8, 4) is 0 Å². The third-order valence-electron chi connectivity index (χ3n) is 3.14. The molecular formula is C13H18N2O3S. The summed E-state index contributed by atoms with van der Waals surface area (Å²) in [5.74, 6) is 0.0581. The third-order valence-corrected chi connectivity index (χ3v) is 4.27. The lowest BCUT2D eigenvalue weighted by molar-refractivity contribution is -0.120. The lowest BCUT2D eigenvalue weighted by atomic mass is 10.1. The van der Waals surface area contributed by atoms with Gasteiger partial charge >= 0.3 is 0 Å². The summed E-state index contributed by atoms with van der Waals surface area (Å²) in [5.41, 5.74) is 0.840. The summed E-state index contributed by atoms with van der Waals surface area (Å²) < 4.78 is 22.7. The Bertz CT molecular complexity index is 552. The molecule has 5 nitrogen and oxygen atoms in total. The maximum absolute atomic E-state index is 11.4. The van der Waals surface area contributed by atoms with Crippen molar-refractivity contribution in [2.75, 3.05) is 18.1 Å². The first-order valence-electron chi connectivity index (χ1n) is 6.28. The van der Waals surface area contributed by atoms with Crippen LogP contribution in [0.4, 0.5) is 5.69 Å². The minimum Gasteiger partial charge on any atom is -0.382 e. The van der Waals surface area contributed by atoms with Crippen LogP contribution < -0.4 is 10.6 Å². The van der Waals surface area contributed by atoms with Gasteiger partial charge < -0.3 is 10.6 Å². The third kappa shape index (κ3) is 3.96. The molecule has 1 aromatic carbocycles. The second-order valence-corrected chi connectivity index (χ2v) is 6.85. The van der Waals surface area contributed by atoms with E-state index in [0.29, 0.717) is 11.3 Å². The smallest absolute Gasteiger partial charge is 0.222 e. The van der Waals surface area contributed by atoms with E-state index < -0.39 is 9.84 Å². The van der Waals surface area contributed by atoms with E-state index in [1.54, 1.807) is 24.3 Å². The van der Waals surface area contributed by atoms with Crippen molar-refractivity contribution in [2.45, 2.75) is 30.2 Å². The fourth-order valence-corrected chi connectivity index (χ4v) is 2.76. The largest absolute Gasteiger partial charge is 0.382 e. The number of anilines is 1. The van der Waals surface area contributed by atoms with Crippen LogP contribution in [-0.2, 0) is 14.6 Å². The van der Waals surface area contributed by atoms with Crippen molar-refractivity contribution < 1.29 is 13.2 Å². The van der Waals surface area contributed by atoms with E-state index in [1.165, 1.54) is 6.26 Å². The average molecular weight is 282 g/mol. The van der Waals surface area contributed by atoms with E-state index >= 15 is 0 Å². The van der Waals surface area contributed by atoms with E-state index in [9.17, 15) is 13.2 Å². The van der Waals surface area contributed by atoms with Crippen LogP contribution in [0.5, 0.6) is 0 Å². The molecule has 1 amide bonds. The predicted molar refractivity (Wildman–Crippen MR) is 73.8 cm³/mol. The first-order chi connectivity index (χ1) is 8.95. The predicted octanol–water partition coefficient (Wildman–Crippen LogP) is 1.17. The van der Waals surface area contributed by atoms with Crippen LogP contribution in [-0.4, -0.2) is 33.2 Å². The zero-order chi connectivity index (χ0) is 13.9. The summed E-state index contributed by atoms with van der Waals surface area (Å²) >= 11 is 0. The minimum atomic E-state index is -3.16. The lowest BCUT2D eigenvalue weighted by Crippen LogP contribution is -2.26. The van der Waals surface area contributed by atoms with Gasteiger partial charge in [0.25, 0.3) is 0 Å². The molecule has 0 aromatic heterocycles. The quantitative estimate of drug-likeness (QED) is 0.872. The molecule has 0 radical (unpaired) electrons. The lowest BCUT2D eigenvalue weighted by Gasteiger charge is -2.16. The van der Waals surface area contributed by atoms with Gasteiger partial charge in [-0.1, -0.05) is 0 Å². The molecule has 19 heavy (non-hydrogen) atoms. The maximum atomic E-state index is 11.4. The normalized spacial score (nSPS) is 20.5. The molecule has 1 aliphatic rings. The summed E-state index contributed by atoms with van der Waals surface area (Å²) in [4.78, 5) is 11.7. The molecule has 0 spiro atoms. The van der Waals surface area contributed by atoms with Gasteiger partial charge in [0.15, 0.2) is 9.84 Å². The van der Waals surface area contributed by atoms with Gasteiger partial charge in [-0.2, -0.15) is 0 Å². The molecule has 2 N–H and O–H groups in total. The minimum absolute atomic E-state index is 0.0581. The van der Waals surface area contributed by atoms with Gasteiger partial charge in [0.2, 0.25) is 5.91 Å². The molecule has 0 saturated carbocycles. The number of sulfone groups is 1. The van der Waals surface area contributed by atoms with Crippen LogP contribution in [0.1, 0.15) is 19.3 Å². The number of hydrogen-bond acceptors (Lipinski definition) is 4. The zero-order valence-electron chi connectivity index (χ0n) is 10.8. The first kappa shape index (κ1) is 13.9. The molecule has 1 aromatic rings. The van der Waals surface area contributed by atoms with Crippen molar-refractivity contribution in [1.82, 2.24) is 5.32 Å². The maximum Gasteiger partial charge on any atom is 0.222 e. The number of hydrogen-bond donors (Lipinski definition) is 2. The Morgan fingerprint density at radius 1 is 1.26 bits per heavy atom. The average Bonchev–Trinajstić information content (AvgIpc) is 2.53. The van der Waals surface area contributed by atoms with Gasteiger partial charge in [-0.15, -0.1) is 0 Å². The summed E-state index contributed by atoms with van der Waals surface area (Å²) in [7, 11) is -3.16. The number of benzene rings is 1. The number of carbonyl (C=O) groups is 1. The highest BCUT2D eigenvalue weighted by Gasteiger charge is 2.17. The second kappa shape index (κ2) is 5.61. The van der Waals surface area contributed by atoms with Gasteiger partial charge in [-0.25, -0.2) is 8.42 Å². The molecule has 1 heterocycles. The van der Waals surface area contributed by atoms with Crippen LogP contribution in [0.3, 0.4) is 0 Å². The Kier molecular flexibility index (Phi) is 4.09. The highest BCUT2D eigenvalue weighted by molar-refractivity contribution is 7.90. The molecule has 1 aliphatic heterocycles. The van der Waals surface area contributed by atoms with Gasteiger partial charge in [0.1, 0.15) is 0 Å². The molecule has 104 valence electrons. The second-order valence-electron chi connectivity index (χ2n) is 4.83. The SMILES string of the molecule is CS(=O)(=O)c1ccc(NC2CCCNC(=O)C2)cc1. The Labute approximate surface area is 113 Å². The van der Waals surface area contributed by atoms with Crippen molar-refractivity contribution in [1.29, 1.82) is 0 Å². The summed E-state index contributed by atoms with van der Waals surface area (Å²) in [5, 5.41) is 6.11. The fourth-order valence-electron chi connectivity index (χ4n) is 2.13. The van der Waals surface area contributed by atoms with Gasteiger partial charge in [-0.05, 0) is 37.1 Å². The van der Waals surface area contributed by atoms with Crippen LogP contribution >= 0.6 is 0 Å². The first-order valence-corrected chi connectivity index (χ1v) is 8.17. The number of rotatable bonds is 3. The Morgan fingerprint density at radius 3 is 2.58 bits per heavy atom. The summed E-state index contributed by atoms with van der Waals surface area (Å²) in [6.45, 7) is 0.726. The summed E-state index contributed by atoms with van der Waals surface area (Å²) in [6.07, 6.45) is 3.51. The molecular weight excluding hydrogens is 264 g/mol. The monoisotopic (exact) mass is 282 g/mol.